The van der Waals surface area contributed by atoms with Crippen molar-refractivity contribution in [2.45, 2.75) is 30.8 Å². The topological polar surface area (TPSA) is 107 Å². The number of hydrogen-bond donors (Lipinski definition) is 1. The molecule has 1 amide bonds. The molecule has 4 rings (SSSR count). The minimum Gasteiger partial charge on any atom is -0.324 e. The zero-order valence-corrected chi connectivity index (χ0v) is 17.4. The number of pyridine rings is 2. The van der Waals surface area contributed by atoms with E-state index in [-0.39, 0.29) is 50.7 Å². The van der Waals surface area contributed by atoms with Crippen LogP contribution in [0.3, 0.4) is 0 Å². The number of hydrogen-bond acceptors (Lipinski definition) is 6. The maximum absolute atomic E-state index is 13.0. The van der Waals surface area contributed by atoms with Crippen molar-refractivity contribution in [3.63, 3.8) is 0 Å². The van der Waals surface area contributed by atoms with Gasteiger partial charge in [-0.15, -0.1) is 0 Å². The fourth-order valence-corrected chi connectivity index (χ4v) is 4.17. The Bertz CT molecular complexity index is 1300. The van der Waals surface area contributed by atoms with Crippen LogP contribution in [-0.4, -0.2) is 39.6 Å². The molecule has 0 aromatic carbocycles. The van der Waals surface area contributed by atoms with E-state index in [2.05, 4.69) is 20.3 Å². The molecule has 12 heteroatoms. The molecule has 8 nitrogen and oxygen atoms in total. The molecule has 0 saturated heterocycles. The lowest BCUT2D eigenvalue weighted by atomic mass is 10.3. The Labute approximate surface area is 175 Å². The predicted octanol–water partition coefficient (Wildman–Crippen LogP) is 3.19. The van der Waals surface area contributed by atoms with Gasteiger partial charge < -0.3 is 9.88 Å². The minimum atomic E-state index is -4.64. The van der Waals surface area contributed by atoms with Crippen LogP contribution in [0.4, 0.5) is 18.9 Å². The number of imidazole rings is 1. The molecular weight excluding hydrogens is 435 g/mol. The highest BCUT2D eigenvalue weighted by Crippen LogP contribution is 2.34. The van der Waals surface area contributed by atoms with Crippen molar-refractivity contribution in [1.82, 2.24) is 19.5 Å². The molecule has 164 valence electrons. The monoisotopic (exact) mass is 453 g/mol. The Hall–Kier alpha value is -3.02. The highest BCUT2D eigenvalue weighted by Gasteiger charge is 2.34. The molecule has 3 aromatic heterocycles. The van der Waals surface area contributed by atoms with Crippen molar-refractivity contribution in [2.75, 3.05) is 11.1 Å². The van der Waals surface area contributed by atoms with E-state index in [0.29, 0.717) is 0 Å². The summed E-state index contributed by atoms with van der Waals surface area (Å²) in [5.41, 5.74) is -0.591. The number of aromatic nitrogens is 4. The summed E-state index contributed by atoms with van der Waals surface area (Å²) >= 11 is 0. The number of halogens is 3. The maximum Gasteiger partial charge on any atom is 0.433 e. The van der Waals surface area contributed by atoms with Crippen LogP contribution in [-0.2, 0) is 27.9 Å². The first kappa shape index (κ1) is 21.2. The molecule has 1 saturated carbocycles. The van der Waals surface area contributed by atoms with Gasteiger partial charge in [-0.25, -0.2) is 23.4 Å². The molecule has 0 atom stereocenters. The van der Waals surface area contributed by atoms with E-state index >= 15 is 0 Å². The van der Waals surface area contributed by atoms with E-state index < -0.39 is 21.7 Å². The lowest BCUT2D eigenvalue weighted by molar-refractivity contribution is -0.141. The van der Waals surface area contributed by atoms with E-state index in [0.717, 1.165) is 25.1 Å². The van der Waals surface area contributed by atoms with E-state index in [9.17, 15) is 26.4 Å². The summed E-state index contributed by atoms with van der Waals surface area (Å²) in [4.78, 5) is 23.7. The average molecular weight is 453 g/mol. The van der Waals surface area contributed by atoms with Crippen molar-refractivity contribution in [3.8, 4) is 11.5 Å². The maximum atomic E-state index is 13.0. The molecule has 0 unspecified atom stereocenters. The number of sulfone groups is 1. The van der Waals surface area contributed by atoms with Crippen LogP contribution in [0, 0.1) is 5.92 Å². The van der Waals surface area contributed by atoms with Gasteiger partial charge in [0.1, 0.15) is 11.4 Å². The molecule has 0 radical (unpaired) electrons. The quantitative estimate of drug-likeness (QED) is 0.636. The highest BCUT2D eigenvalue weighted by atomic mass is 32.2. The number of fused-ring (bicyclic) bond motifs is 1. The molecule has 3 heterocycles. The SMILES string of the molecule is CCS(=O)(=O)c1cc(NC(=O)C2CC2)cnc1-c1nc2cc(C(F)(F)F)ncc2n1C. The summed E-state index contributed by atoms with van der Waals surface area (Å²) < 4.78 is 65.9. The van der Waals surface area contributed by atoms with Gasteiger partial charge in [0.2, 0.25) is 5.91 Å². The first-order valence-corrected chi connectivity index (χ1v) is 11.1. The van der Waals surface area contributed by atoms with Gasteiger partial charge in [-0.1, -0.05) is 6.92 Å². The number of alkyl halides is 3. The lowest BCUT2D eigenvalue weighted by Gasteiger charge is -2.11. The van der Waals surface area contributed by atoms with Gasteiger partial charge in [0.15, 0.2) is 15.7 Å². The van der Waals surface area contributed by atoms with Crippen LogP contribution in [0.15, 0.2) is 29.4 Å². The van der Waals surface area contributed by atoms with Crippen molar-refractivity contribution in [3.05, 3.63) is 30.2 Å². The Morgan fingerprint density at radius 3 is 2.55 bits per heavy atom. The van der Waals surface area contributed by atoms with Gasteiger partial charge >= 0.3 is 6.18 Å². The second kappa shape index (κ2) is 7.29. The fourth-order valence-electron chi connectivity index (χ4n) is 3.12. The average Bonchev–Trinajstić information content (AvgIpc) is 3.52. The van der Waals surface area contributed by atoms with Crippen molar-refractivity contribution in [2.24, 2.45) is 13.0 Å². The number of carbonyl (C=O) groups is 1. The first-order chi connectivity index (χ1) is 14.5. The van der Waals surface area contributed by atoms with Crippen LogP contribution in [0.2, 0.25) is 0 Å². The van der Waals surface area contributed by atoms with Crippen molar-refractivity contribution in [1.29, 1.82) is 0 Å². The number of rotatable bonds is 5. The van der Waals surface area contributed by atoms with E-state index in [1.54, 1.807) is 0 Å². The van der Waals surface area contributed by atoms with Crippen LogP contribution in [0.5, 0.6) is 0 Å². The van der Waals surface area contributed by atoms with Crippen LogP contribution < -0.4 is 5.32 Å². The van der Waals surface area contributed by atoms with E-state index in [1.807, 2.05) is 0 Å². The molecule has 0 aliphatic heterocycles. The fraction of sp³-hybridized carbons (Fsp3) is 0.368. The third-order valence-corrected chi connectivity index (χ3v) is 6.79. The molecule has 0 bridgehead atoms. The normalized spacial score (nSPS) is 14.7. The largest absolute Gasteiger partial charge is 0.433 e. The first-order valence-electron chi connectivity index (χ1n) is 9.45. The summed E-state index contributed by atoms with van der Waals surface area (Å²) in [6.07, 6.45) is -0.727. The Balaban J connectivity index is 1.85. The van der Waals surface area contributed by atoms with Crippen molar-refractivity contribution >= 4 is 32.5 Å². The van der Waals surface area contributed by atoms with Gasteiger partial charge in [-0.05, 0) is 25.0 Å². The van der Waals surface area contributed by atoms with Gasteiger partial charge in [0, 0.05) is 13.0 Å². The predicted molar refractivity (Wildman–Crippen MR) is 106 cm³/mol. The van der Waals surface area contributed by atoms with Crippen molar-refractivity contribution < 1.29 is 26.4 Å². The second-order valence-electron chi connectivity index (χ2n) is 7.29. The van der Waals surface area contributed by atoms with Gasteiger partial charge in [0.25, 0.3) is 0 Å². The Kier molecular flexibility index (Phi) is 4.99. The number of nitrogens with zero attached hydrogens (tertiary/aromatic N) is 4. The van der Waals surface area contributed by atoms with Crippen LogP contribution in [0.1, 0.15) is 25.5 Å². The number of carbonyl (C=O) groups excluding carboxylic acids is 1. The molecule has 3 aromatic rings. The number of nitrogens with one attached hydrogen (secondary N) is 1. The molecule has 1 aliphatic rings. The molecule has 0 spiro atoms. The summed E-state index contributed by atoms with van der Waals surface area (Å²) in [6.45, 7) is 1.46. The lowest BCUT2D eigenvalue weighted by Crippen LogP contribution is -2.15. The summed E-state index contributed by atoms with van der Waals surface area (Å²) in [7, 11) is -2.25. The number of anilines is 1. The smallest absolute Gasteiger partial charge is 0.324 e. The van der Waals surface area contributed by atoms with Crippen LogP contribution >= 0.6 is 0 Å². The van der Waals surface area contributed by atoms with E-state index in [1.165, 1.54) is 30.8 Å². The second-order valence-corrected chi connectivity index (χ2v) is 9.53. The summed E-state index contributed by atoms with van der Waals surface area (Å²) in [5.74, 6) is -0.446. The third kappa shape index (κ3) is 3.99. The Morgan fingerprint density at radius 1 is 1.23 bits per heavy atom. The van der Waals surface area contributed by atoms with Gasteiger partial charge in [-0.3, -0.25) is 4.79 Å². The molecule has 31 heavy (non-hydrogen) atoms. The Morgan fingerprint density at radius 2 is 1.94 bits per heavy atom. The minimum absolute atomic E-state index is 0.00702. The standard InChI is InChI=1S/C19H18F3N5O3S/c1-3-31(29,30)14-6-11(25-18(28)10-4-5-10)8-24-16(14)17-26-12-7-15(19(20,21)22)23-9-13(12)27(17)2/h6-10H,3-5H2,1-2H3,(H,25,28). The van der Waals surface area contributed by atoms with Gasteiger partial charge in [-0.2, -0.15) is 13.2 Å². The number of aryl methyl sites for hydroxylation is 1. The highest BCUT2D eigenvalue weighted by molar-refractivity contribution is 7.91. The molecule has 1 N–H and O–H groups in total. The molecule has 1 aliphatic carbocycles. The third-order valence-electron chi connectivity index (χ3n) is 5.05. The molecular formula is C19H18F3N5O3S. The summed E-state index contributed by atoms with van der Waals surface area (Å²) in [5, 5.41) is 2.66. The zero-order valence-electron chi connectivity index (χ0n) is 16.6. The van der Waals surface area contributed by atoms with Crippen LogP contribution in [0.25, 0.3) is 22.6 Å². The number of amides is 1. The zero-order chi connectivity index (χ0) is 22.6. The van der Waals surface area contributed by atoms with Gasteiger partial charge in [0.05, 0.1) is 39.8 Å². The van der Waals surface area contributed by atoms with E-state index in [4.69, 9.17) is 0 Å². The molecule has 1 fully saturated rings. The summed E-state index contributed by atoms with van der Waals surface area (Å²) in [6, 6.07) is 2.11.